The van der Waals surface area contributed by atoms with Gasteiger partial charge in [0.15, 0.2) is 0 Å². The van der Waals surface area contributed by atoms with Crippen molar-refractivity contribution < 1.29 is 9.59 Å². The van der Waals surface area contributed by atoms with Crippen LogP contribution in [0.2, 0.25) is 0 Å². The molecule has 79 valence electrons. The standard InChI is InChI=1S/C11H13N2O2/c12-8-11(15)13(6-7-14)9-10-4-2-1-3-5-10/h1-5H,6,8-9,12H2. The van der Waals surface area contributed by atoms with Crippen LogP contribution < -0.4 is 5.73 Å². The first-order chi connectivity index (χ1) is 7.27. The van der Waals surface area contributed by atoms with E-state index in [-0.39, 0.29) is 19.0 Å². The molecular weight excluding hydrogens is 192 g/mol. The summed E-state index contributed by atoms with van der Waals surface area (Å²) in [6, 6.07) is 9.43. The van der Waals surface area contributed by atoms with Crippen LogP contribution in [-0.2, 0) is 16.1 Å². The Bertz CT molecular complexity index is 325. The van der Waals surface area contributed by atoms with Gasteiger partial charge in [0, 0.05) is 6.54 Å². The maximum absolute atomic E-state index is 11.3. The first kappa shape index (κ1) is 11.4. The van der Waals surface area contributed by atoms with E-state index in [4.69, 9.17) is 5.73 Å². The fourth-order valence-electron chi connectivity index (χ4n) is 1.24. The van der Waals surface area contributed by atoms with Gasteiger partial charge in [0.1, 0.15) is 0 Å². The predicted molar refractivity (Wildman–Crippen MR) is 56.6 cm³/mol. The van der Waals surface area contributed by atoms with E-state index in [1.165, 1.54) is 4.90 Å². The van der Waals surface area contributed by atoms with Crippen molar-refractivity contribution in [3.8, 4) is 0 Å². The molecule has 1 aromatic rings. The van der Waals surface area contributed by atoms with Gasteiger partial charge in [-0.15, -0.1) is 0 Å². The van der Waals surface area contributed by atoms with E-state index in [2.05, 4.69) is 0 Å². The van der Waals surface area contributed by atoms with Crippen molar-refractivity contribution in [1.29, 1.82) is 0 Å². The maximum atomic E-state index is 11.3. The highest BCUT2D eigenvalue weighted by Crippen LogP contribution is 2.03. The number of nitrogens with zero attached hydrogens (tertiary/aromatic N) is 1. The number of rotatable bonds is 5. The summed E-state index contributed by atoms with van der Waals surface area (Å²) in [6.07, 6.45) is 1.70. The number of nitrogens with two attached hydrogens (primary N) is 1. The Morgan fingerprint density at radius 3 is 2.53 bits per heavy atom. The Kier molecular flexibility index (Phi) is 4.50. The molecule has 0 heterocycles. The van der Waals surface area contributed by atoms with Gasteiger partial charge in [-0.1, -0.05) is 30.3 Å². The van der Waals surface area contributed by atoms with Gasteiger partial charge in [0.2, 0.25) is 12.2 Å². The molecule has 0 bridgehead atoms. The van der Waals surface area contributed by atoms with E-state index in [0.717, 1.165) is 5.56 Å². The van der Waals surface area contributed by atoms with Crippen molar-refractivity contribution in [2.45, 2.75) is 6.54 Å². The summed E-state index contributed by atoms with van der Waals surface area (Å²) in [6.45, 7) is 0.269. The van der Waals surface area contributed by atoms with Gasteiger partial charge >= 0.3 is 0 Å². The van der Waals surface area contributed by atoms with Crippen LogP contribution in [0.3, 0.4) is 0 Å². The highest BCUT2D eigenvalue weighted by Gasteiger charge is 2.11. The van der Waals surface area contributed by atoms with E-state index in [0.29, 0.717) is 6.54 Å². The number of benzene rings is 1. The van der Waals surface area contributed by atoms with Crippen LogP contribution in [0.5, 0.6) is 0 Å². The minimum Gasteiger partial charge on any atom is -0.329 e. The number of carbonyl (C=O) groups is 1. The molecular formula is C11H13N2O2. The van der Waals surface area contributed by atoms with Crippen molar-refractivity contribution in [2.75, 3.05) is 13.1 Å². The molecule has 0 aliphatic carbocycles. The third-order valence-corrected chi connectivity index (χ3v) is 2.00. The van der Waals surface area contributed by atoms with Crippen LogP contribution in [0.1, 0.15) is 5.56 Å². The minimum absolute atomic E-state index is 0.0368. The number of hydrogen-bond acceptors (Lipinski definition) is 3. The molecule has 0 atom stereocenters. The molecule has 0 aromatic heterocycles. The Morgan fingerprint density at radius 1 is 1.33 bits per heavy atom. The predicted octanol–water partition coefficient (Wildman–Crippen LogP) is 0.0836. The molecule has 0 aliphatic heterocycles. The Labute approximate surface area is 88.7 Å². The van der Waals surface area contributed by atoms with Gasteiger partial charge in [0.05, 0.1) is 13.1 Å². The fourth-order valence-corrected chi connectivity index (χ4v) is 1.24. The van der Waals surface area contributed by atoms with Crippen molar-refractivity contribution in [3.05, 3.63) is 35.9 Å². The van der Waals surface area contributed by atoms with Gasteiger partial charge in [0.25, 0.3) is 0 Å². The molecule has 1 rings (SSSR count). The second kappa shape index (κ2) is 5.93. The summed E-state index contributed by atoms with van der Waals surface area (Å²) in [7, 11) is 0. The zero-order chi connectivity index (χ0) is 11.1. The van der Waals surface area contributed by atoms with Gasteiger partial charge in [-0.3, -0.25) is 9.59 Å². The Balaban J connectivity index is 2.66. The van der Waals surface area contributed by atoms with Gasteiger partial charge in [-0.05, 0) is 5.56 Å². The van der Waals surface area contributed by atoms with E-state index < -0.39 is 0 Å². The molecule has 0 saturated heterocycles. The molecule has 4 nitrogen and oxygen atoms in total. The van der Waals surface area contributed by atoms with Crippen LogP contribution in [0.4, 0.5) is 0 Å². The number of amides is 1. The molecule has 0 fully saturated rings. The third kappa shape index (κ3) is 3.52. The summed E-state index contributed by atoms with van der Waals surface area (Å²) in [5.41, 5.74) is 6.20. The molecule has 0 aliphatic rings. The quantitative estimate of drug-likeness (QED) is 0.740. The average molecular weight is 205 g/mol. The summed E-state index contributed by atoms with van der Waals surface area (Å²) in [5.74, 6) is -0.248. The molecule has 0 spiro atoms. The molecule has 15 heavy (non-hydrogen) atoms. The first-order valence-electron chi connectivity index (χ1n) is 4.64. The molecule has 1 aromatic carbocycles. The lowest BCUT2D eigenvalue weighted by atomic mass is 10.2. The highest BCUT2D eigenvalue weighted by molar-refractivity contribution is 5.80. The van der Waals surface area contributed by atoms with Crippen LogP contribution in [0.25, 0.3) is 0 Å². The van der Waals surface area contributed by atoms with Crippen molar-refractivity contribution in [2.24, 2.45) is 5.73 Å². The van der Waals surface area contributed by atoms with Crippen LogP contribution in [0.15, 0.2) is 30.3 Å². The maximum Gasteiger partial charge on any atom is 0.237 e. The van der Waals surface area contributed by atoms with Crippen molar-refractivity contribution >= 4 is 12.2 Å². The van der Waals surface area contributed by atoms with Crippen molar-refractivity contribution in [3.63, 3.8) is 0 Å². The molecule has 0 saturated carbocycles. The minimum atomic E-state index is -0.248. The number of carbonyl (C=O) groups excluding carboxylic acids is 2. The average Bonchev–Trinajstić information content (AvgIpc) is 2.29. The van der Waals surface area contributed by atoms with Crippen molar-refractivity contribution in [1.82, 2.24) is 4.90 Å². The molecule has 2 N–H and O–H groups in total. The van der Waals surface area contributed by atoms with Crippen LogP contribution >= 0.6 is 0 Å². The Hall–Kier alpha value is -1.68. The Morgan fingerprint density at radius 2 is 2.00 bits per heavy atom. The zero-order valence-electron chi connectivity index (χ0n) is 8.35. The van der Waals surface area contributed by atoms with E-state index >= 15 is 0 Å². The normalized spacial score (nSPS) is 9.67. The lowest BCUT2D eigenvalue weighted by Crippen LogP contribution is -2.36. The first-order valence-corrected chi connectivity index (χ1v) is 4.64. The molecule has 1 amide bonds. The van der Waals surface area contributed by atoms with Gasteiger partial charge in [-0.2, -0.15) is 0 Å². The largest absolute Gasteiger partial charge is 0.329 e. The molecule has 4 heteroatoms. The summed E-state index contributed by atoms with van der Waals surface area (Å²) in [5, 5.41) is 0. The zero-order valence-corrected chi connectivity index (χ0v) is 8.35. The third-order valence-electron chi connectivity index (χ3n) is 2.00. The van der Waals surface area contributed by atoms with E-state index in [1.807, 2.05) is 30.3 Å². The highest BCUT2D eigenvalue weighted by atomic mass is 16.2. The van der Waals surface area contributed by atoms with E-state index in [9.17, 15) is 9.59 Å². The smallest absolute Gasteiger partial charge is 0.237 e. The second-order valence-electron chi connectivity index (χ2n) is 3.08. The summed E-state index contributed by atoms with van der Waals surface area (Å²) >= 11 is 0. The lowest BCUT2D eigenvalue weighted by molar-refractivity contribution is -0.129. The van der Waals surface area contributed by atoms with Crippen LogP contribution in [0, 0.1) is 0 Å². The fraction of sp³-hybridized carbons (Fsp3) is 0.273. The monoisotopic (exact) mass is 205 g/mol. The SMILES string of the molecule is NCC(=O)N(C[C]=O)Cc1ccccc1. The summed E-state index contributed by atoms with van der Waals surface area (Å²) in [4.78, 5) is 23.0. The molecule has 1 radical (unpaired) electrons. The van der Waals surface area contributed by atoms with Gasteiger partial charge < -0.3 is 10.6 Å². The summed E-state index contributed by atoms with van der Waals surface area (Å²) < 4.78 is 0. The second-order valence-corrected chi connectivity index (χ2v) is 3.08. The topological polar surface area (TPSA) is 63.4 Å². The molecule has 0 unspecified atom stereocenters. The van der Waals surface area contributed by atoms with Gasteiger partial charge in [-0.25, -0.2) is 0 Å². The van der Waals surface area contributed by atoms with Crippen LogP contribution in [-0.4, -0.2) is 30.2 Å². The number of hydrogen-bond donors (Lipinski definition) is 1. The lowest BCUT2D eigenvalue weighted by Gasteiger charge is -2.18. The van der Waals surface area contributed by atoms with E-state index in [1.54, 1.807) is 6.29 Å².